The van der Waals surface area contributed by atoms with Crippen molar-refractivity contribution in [3.8, 4) is 5.75 Å². The Morgan fingerprint density at radius 3 is 2.44 bits per heavy atom. The van der Waals surface area contributed by atoms with Gasteiger partial charge in [-0.2, -0.15) is 0 Å². The van der Waals surface area contributed by atoms with Crippen LogP contribution in [0.2, 0.25) is 0 Å². The maximum Gasteiger partial charge on any atom is 0.123 e. The van der Waals surface area contributed by atoms with Crippen LogP contribution in [0, 0.1) is 19.8 Å². The monoisotopic (exact) mass is 220 g/mol. The summed E-state index contributed by atoms with van der Waals surface area (Å²) in [7, 11) is 1.71. The number of benzene rings is 1. The van der Waals surface area contributed by atoms with Crippen LogP contribution in [0.4, 0.5) is 0 Å². The first-order valence-electron chi connectivity index (χ1n) is 5.75. The third-order valence-electron chi connectivity index (χ3n) is 3.53. The van der Waals surface area contributed by atoms with Crippen molar-refractivity contribution in [2.75, 3.05) is 20.2 Å². The normalized spacial score (nSPS) is 18.0. The van der Waals surface area contributed by atoms with Crippen molar-refractivity contribution in [3.63, 3.8) is 0 Å². The van der Waals surface area contributed by atoms with E-state index in [1.165, 1.54) is 11.1 Å². The van der Waals surface area contributed by atoms with Gasteiger partial charge in [-0.1, -0.05) is 6.07 Å². The van der Waals surface area contributed by atoms with Crippen LogP contribution in [0.25, 0.3) is 0 Å². The van der Waals surface area contributed by atoms with Gasteiger partial charge in [0, 0.05) is 30.6 Å². The lowest BCUT2D eigenvalue weighted by Gasteiger charge is -2.33. The van der Waals surface area contributed by atoms with Gasteiger partial charge in [-0.05, 0) is 31.0 Å². The van der Waals surface area contributed by atoms with E-state index >= 15 is 0 Å². The maximum absolute atomic E-state index is 6.28. The Labute approximate surface area is 97.0 Å². The molecule has 0 aliphatic carbocycles. The van der Waals surface area contributed by atoms with E-state index in [-0.39, 0.29) is 6.04 Å². The van der Waals surface area contributed by atoms with Crippen LogP contribution in [0.15, 0.2) is 12.1 Å². The molecule has 3 nitrogen and oxygen atoms in total. The molecule has 0 amide bonds. The average Bonchev–Trinajstić information content (AvgIpc) is 2.18. The molecule has 3 heteroatoms. The molecular formula is C13H20N2O. The standard InChI is InChI=1S/C13H20N2O/c1-8-4-11(12(16-3)5-9(8)2)13(14)10-6-15-7-10/h4-5,10,13,15H,6-7,14H2,1-3H3. The van der Waals surface area contributed by atoms with Gasteiger partial charge < -0.3 is 15.8 Å². The molecule has 1 aromatic carbocycles. The first-order chi connectivity index (χ1) is 7.63. The molecule has 1 aliphatic heterocycles. The summed E-state index contributed by atoms with van der Waals surface area (Å²) in [5.74, 6) is 1.46. The lowest BCUT2D eigenvalue weighted by atomic mass is 9.87. The largest absolute Gasteiger partial charge is 0.496 e. The Kier molecular flexibility index (Phi) is 3.17. The zero-order valence-electron chi connectivity index (χ0n) is 10.2. The fraction of sp³-hybridized carbons (Fsp3) is 0.538. The summed E-state index contributed by atoms with van der Waals surface area (Å²) < 4.78 is 5.42. The molecule has 0 spiro atoms. The highest BCUT2D eigenvalue weighted by atomic mass is 16.5. The van der Waals surface area contributed by atoms with E-state index in [4.69, 9.17) is 10.5 Å². The molecule has 3 N–H and O–H groups in total. The van der Waals surface area contributed by atoms with Gasteiger partial charge in [-0.25, -0.2) is 0 Å². The number of rotatable bonds is 3. The third-order valence-corrected chi connectivity index (χ3v) is 3.53. The van der Waals surface area contributed by atoms with Gasteiger partial charge in [-0.3, -0.25) is 0 Å². The molecule has 1 saturated heterocycles. The summed E-state index contributed by atoms with van der Waals surface area (Å²) >= 11 is 0. The number of methoxy groups -OCH3 is 1. The molecule has 0 bridgehead atoms. The molecule has 2 rings (SSSR count). The van der Waals surface area contributed by atoms with Crippen molar-refractivity contribution in [2.45, 2.75) is 19.9 Å². The molecule has 1 unspecified atom stereocenters. The minimum Gasteiger partial charge on any atom is -0.496 e. The van der Waals surface area contributed by atoms with Crippen molar-refractivity contribution >= 4 is 0 Å². The van der Waals surface area contributed by atoms with E-state index in [1.807, 2.05) is 0 Å². The number of nitrogens with two attached hydrogens (primary N) is 1. The first kappa shape index (κ1) is 11.4. The molecule has 16 heavy (non-hydrogen) atoms. The first-order valence-corrected chi connectivity index (χ1v) is 5.75. The molecule has 88 valence electrons. The lowest BCUT2D eigenvalue weighted by Crippen LogP contribution is -2.47. The van der Waals surface area contributed by atoms with Crippen LogP contribution < -0.4 is 15.8 Å². The van der Waals surface area contributed by atoms with Crippen molar-refractivity contribution in [1.82, 2.24) is 5.32 Å². The highest BCUT2D eigenvalue weighted by molar-refractivity contribution is 5.43. The quantitative estimate of drug-likeness (QED) is 0.812. The summed E-state index contributed by atoms with van der Waals surface area (Å²) in [6.45, 7) is 6.23. The number of nitrogens with one attached hydrogen (secondary N) is 1. The molecule has 0 radical (unpaired) electrons. The Hall–Kier alpha value is -1.06. The van der Waals surface area contributed by atoms with E-state index in [0.717, 1.165) is 24.4 Å². The SMILES string of the molecule is COc1cc(C)c(C)cc1C(N)C1CNC1. The number of hydrogen-bond acceptors (Lipinski definition) is 3. The van der Waals surface area contributed by atoms with E-state index in [9.17, 15) is 0 Å². The highest BCUT2D eigenvalue weighted by Gasteiger charge is 2.27. The molecule has 1 heterocycles. The summed E-state index contributed by atoms with van der Waals surface area (Å²) in [4.78, 5) is 0. The zero-order valence-corrected chi connectivity index (χ0v) is 10.2. The smallest absolute Gasteiger partial charge is 0.123 e. The van der Waals surface area contributed by atoms with Gasteiger partial charge >= 0.3 is 0 Å². The van der Waals surface area contributed by atoms with Gasteiger partial charge in [0.25, 0.3) is 0 Å². The average molecular weight is 220 g/mol. The van der Waals surface area contributed by atoms with Gasteiger partial charge in [0.1, 0.15) is 5.75 Å². The van der Waals surface area contributed by atoms with Crippen LogP contribution in [0.1, 0.15) is 22.7 Å². The third kappa shape index (κ3) is 1.93. The second kappa shape index (κ2) is 4.44. The van der Waals surface area contributed by atoms with Gasteiger partial charge in [-0.15, -0.1) is 0 Å². The molecule has 1 atom stereocenters. The van der Waals surface area contributed by atoms with Crippen LogP contribution in [-0.4, -0.2) is 20.2 Å². The summed E-state index contributed by atoms with van der Waals surface area (Å²) in [5.41, 5.74) is 9.94. The number of ether oxygens (including phenoxy) is 1. The number of aryl methyl sites for hydroxylation is 2. The van der Waals surface area contributed by atoms with E-state index in [2.05, 4.69) is 31.3 Å². The second-order valence-corrected chi connectivity index (χ2v) is 4.62. The zero-order chi connectivity index (χ0) is 11.7. The Balaban J connectivity index is 2.33. The predicted molar refractivity (Wildman–Crippen MR) is 65.8 cm³/mol. The molecule has 1 aliphatic rings. The Morgan fingerprint density at radius 2 is 1.94 bits per heavy atom. The molecule has 1 fully saturated rings. The minimum absolute atomic E-state index is 0.0792. The molecule has 0 aromatic heterocycles. The molecular weight excluding hydrogens is 200 g/mol. The van der Waals surface area contributed by atoms with Crippen LogP contribution >= 0.6 is 0 Å². The Bertz CT molecular complexity index is 386. The second-order valence-electron chi connectivity index (χ2n) is 4.62. The van der Waals surface area contributed by atoms with Crippen molar-refractivity contribution in [1.29, 1.82) is 0 Å². The summed E-state index contributed by atoms with van der Waals surface area (Å²) in [6, 6.07) is 4.32. The van der Waals surface area contributed by atoms with Crippen molar-refractivity contribution in [3.05, 3.63) is 28.8 Å². The van der Waals surface area contributed by atoms with Crippen molar-refractivity contribution in [2.24, 2.45) is 11.7 Å². The van der Waals surface area contributed by atoms with Crippen LogP contribution in [0.5, 0.6) is 5.75 Å². The van der Waals surface area contributed by atoms with Gasteiger partial charge in [0.15, 0.2) is 0 Å². The van der Waals surface area contributed by atoms with Crippen molar-refractivity contribution < 1.29 is 4.74 Å². The summed E-state index contributed by atoms with van der Waals surface area (Å²) in [5, 5.41) is 3.25. The Morgan fingerprint density at radius 1 is 1.31 bits per heavy atom. The fourth-order valence-electron chi connectivity index (χ4n) is 2.07. The predicted octanol–water partition coefficient (Wildman–Crippen LogP) is 1.53. The minimum atomic E-state index is 0.0792. The van der Waals surface area contributed by atoms with Crippen LogP contribution in [0.3, 0.4) is 0 Å². The van der Waals surface area contributed by atoms with Crippen LogP contribution in [-0.2, 0) is 0 Å². The lowest BCUT2D eigenvalue weighted by molar-refractivity contribution is 0.288. The fourth-order valence-corrected chi connectivity index (χ4v) is 2.07. The van der Waals surface area contributed by atoms with E-state index < -0.39 is 0 Å². The highest BCUT2D eigenvalue weighted by Crippen LogP contribution is 2.32. The maximum atomic E-state index is 6.28. The van der Waals surface area contributed by atoms with Gasteiger partial charge in [0.2, 0.25) is 0 Å². The topological polar surface area (TPSA) is 47.3 Å². The molecule has 1 aromatic rings. The molecule has 0 saturated carbocycles. The van der Waals surface area contributed by atoms with E-state index in [0.29, 0.717) is 5.92 Å². The number of hydrogen-bond donors (Lipinski definition) is 2. The summed E-state index contributed by atoms with van der Waals surface area (Å²) in [6.07, 6.45) is 0. The van der Waals surface area contributed by atoms with Gasteiger partial charge in [0.05, 0.1) is 7.11 Å². The van der Waals surface area contributed by atoms with E-state index in [1.54, 1.807) is 7.11 Å².